The second kappa shape index (κ2) is 7.13. The van der Waals surface area contributed by atoms with Crippen LogP contribution >= 0.6 is 0 Å². The van der Waals surface area contributed by atoms with Gasteiger partial charge in [-0.3, -0.25) is 14.7 Å². The van der Waals surface area contributed by atoms with Crippen LogP contribution in [0.4, 0.5) is 0 Å². The zero-order valence-electron chi connectivity index (χ0n) is 16.1. The minimum absolute atomic E-state index is 0.0206. The van der Waals surface area contributed by atoms with Gasteiger partial charge in [-0.1, -0.05) is 0 Å². The Bertz CT molecular complexity index is 668. The average molecular weight is 370 g/mol. The van der Waals surface area contributed by atoms with E-state index in [0.717, 1.165) is 51.1 Å². The van der Waals surface area contributed by atoms with Crippen LogP contribution in [0.2, 0.25) is 0 Å². The molecule has 0 N–H and O–H groups in total. The number of amides is 1. The molecule has 2 saturated carbocycles. The number of aromatic nitrogens is 2. The molecule has 4 fully saturated rings. The molecule has 1 aromatic rings. The van der Waals surface area contributed by atoms with E-state index in [1.165, 1.54) is 38.6 Å². The lowest BCUT2D eigenvalue weighted by molar-refractivity contribution is -0.0897. The van der Waals surface area contributed by atoms with Gasteiger partial charge in [0.15, 0.2) is 0 Å². The monoisotopic (exact) mass is 370 g/mol. The van der Waals surface area contributed by atoms with Gasteiger partial charge in [0, 0.05) is 45.2 Å². The summed E-state index contributed by atoms with van der Waals surface area (Å²) in [5.41, 5.74) is 0.619. The predicted molar refractivity (Wildman–Crippen MR) is 101 cm³/mol. The predicted octanol–water partition coefficient (Wildman–Crippen LogP) is 2.22. The zero-order valence-corrected chi connectivity index (χ0v) is 16.1. The van der Waals surface area contributed by atoms with Gasteiger partial charge in [0.2, 0.25) is 0 Å². The Labute approximate surface area is 161 Å². The standard InChI is InChI=1S/C21H30N4O2/c26-20(19-10-22-6-7-23-19)24-14-21(15-24)9-18(13-27-12-17-3-4-17)5-8-25(21)11-16-1-2-16/h6-7,10,16-18H,1-5,8-9,11-15H2. The number of piperidine rings is 1. The lowest BCUT2D eigenvalue weighted by atomic mass is 9.74. The van der Waals surface area contributed by atoms with Crippen LogP contribution in [0, 0.1) is 17.8 Å². The molecule has 0 bridgehead atoms. The summed E-state index contributed by atoms with van der Waals surface area (Å²) < 4.78 is 6.01. The van der Waals surface area contributed by atoms with Crippen molar-refractivity contribution in [2.24, 2.45) is 17.8 Å². The van der Waals surface area contributed by atoms with Crippen molar-refractivity contribution in [1.29, 1.82) is 0 Å². The Morgan fingerprint density at radius 3 is 2.56 bits per heavy atom. The van der Waals surface area contributed by atoms with Gasteiger partial charge in [-0.05, 0) is 62.8 Å². The third-order valence-electron chi connectivity index (χ3n) is 6.77. The summed E-state index contributed by atoms with van der Waals surface area (Å²) in [5, 5.41) is 0. The average Bonchev–Trinajstić information content (AvgIpc) is 3.57. The van der Waals surface area contributed by atoms with Crippen molar-refractivity contribution in [1.82, 2.24) is 19.8 Å². The SMILES string of the molecule is O=C(c1cnccn1)N1CC2(CC(COCC3CC3)CCN2CC2CC2)C1. The second-order valence-electron chi connectivity index (χ2n) is 9.21. The van der Waals surface area contributed by atoms with Crippen molar-refractivity contribution in [2.45, 2.75) is 44.1 Å². The molecule has 2 saturated heterocycles. The molecule has 1 aromatic heterocycles. The van der Waals surface area contributed by atoms with Crippen molar-refractivity contribution < 1.29 is 9.53 Å². The summed E-state index contributed by atoms with van der Waals surface area (Å²) in [5.74, 6) is 2.37. The molecule has 146 valence electrons. The van der Waals surface area contributed by atoms with E-state index in [9.17, 15) is 4.79 Å². The molecule has 6 nitrogen and oxygen atoms in total. The molecule has 1 amide bonds. The minimum Gasteiger partial charge on any atom is -0.381 e. The van der Waals surface area contributed by atoms with E-state index < -0.39 is 0 Å². The van der Waals surface area contributed by atoms with E-state index in [0.29, 0.717) is 11.6 Å². The number of rotatable bonds is 7. The molecule has 3 heterocycles. The fourth-order valence-corrected chi connectivity index (χ4v) is 4.78. The van der Waals surface area contributed by atoms with E-state index in [2.05, 4.69) is 14.9 Å². The largest absolute Gasteiger partial charge is 0.381 e. The van der Waals surface area contributed by atoms with Gasteiger partial charge < -0.3 is 9.64 Å². The summed E-state index contributed by atoms with van der Waals surface area (Å²) in [6, 6.07) is 0. The molecule has 6 heteroatoms. The van der Waals surface area contributed by atoms with E-state index in [1.807, 2.05) is 4.90 Å². The van der Waals surface area contributed by atoms with Crippen LogP contribution in [0.25, 0.3) is 0 Å². The highest BCUT2D eigenvalue weighted by Gasteiger charge is 2.53. The quantitative estimate of drug-likeness (QED) is 0.737. The molecule has 2 aliphatic heterocycles. The topological polar surface area (TPSA) is 58.6 Å². The van der Waals surface area contributed by atoms with Crippen LogP contribution in [-0.2, 0) is 4.74 Å². The highest BCUT2D eigenvalue weighted by molar-refractivity contribution is 5.92. The molecule has 1 spiro atoms. The van der Waals surface area contributed by atoms with Gasteiger partial charge in [0.25, 0.3) is 5.91 Å². The summed E-state index contributed by atoms with van der Waals surface area (Å²) in [7, 11) is 0. The maximum Gasteiger partial charge on any atom is 0.274 e. The summed E-state index contributed by atoms with van der Waals surface area (Å²) in [6.45, 7) is 5.87. The van der Waals surface area contributed by atoms with Crippen LogP contribution in [0.15, 0.2) is 18.6 Å². The maximum absolute atomic E-state index is 12.7. The Kier molecular flexibility index (Phi) is 4.64. The Morgan fingerprint density at radius 2 is 1.85 bits per heavy atom. The van der Waals surface area contributed by atoms with E-state index in [4.69, 9.17) is 4.74 Å². The van der Waals surface area contributed by atoms with Crippen LogP contribution in [0.5, 0.6) is 0 Å². The first-order valence-electron chi connectivity index (χ1n) is 10.6. The third kappa shape index (κ3) is 3.87. The number of nitrogens with zero attached hydrogens (tertiary/aromatic N) is 4. The van der Waals surface area contributed by atoms with Gasteiger partial charge >= 0.3 is 0 Å². The molecule has 0 radical (unpaired) electrons. The highest BCUT2D eigenvalue weighted by Crippen LogP contribution is 2.42. The fraction of sp³-hybridized carbons (Fsp3) is 0.762. The number of carbonyl (C=O) groups is 1. The normalized spacial score (nSPS) is 27.6. The first kappa shape index (κ1) is 17.6. The number of carbonyl (C=O) groups excluding carboxylic acids is 1. The summed E-state index contributed by atoms with van der Waals surface area (Å²) in [6.07, 6.45) is 12.6. The zero-order chi connectivity index (χ0) is 18.3. The molecule has 4 aliphatic rings. The number of hydrogen-bond donors (Lipinski definition) is 0. The van der Waals surface area contributed by atoms with Crippen molar-refractivity contribution in [3.05, 3.63) is 24.3 Å². The van der Waals surface area contributed by atoms with E-state index >= 15 is 0 Å². The number of hydrogen-bond acceptors (Lipinski definition) is 5. The lowest BCUT2D eigenvalue weighted by Gasteiger charge is -2.59. The van der Waals surface area contributed by atoms with E-state index in [-0.39, 0.29) is 11.4 Å². The van der Waals surface area contributed by atoms with Gasteiger partial charge in [0.1, 0.15) is 5.69 Å². The molecular formula is C21H30N4O2. The molecule has 5 rings (SSSR count). The van der Waals surface area contributed by atoms with E-state index in [1.54, 1.807) is 18.6 Å². The molecule has 1 atom stereocenters. The molecule has 1 unspecified atom stereocenters. The van der Waals surface area contributed by atoms with Gasteiger partial charge in [-0.15, -0.1) is 0 Å². The third-order valence-corrected chi connectivity index (χ3v) is 6.77. The van der Waals surface area contributed by atoms with Gasteiger partial charge in [-0.2, -0.15) is 0 Å². The van der Waals surface area contributed by atoms with Crippen LogP contribution in [-0.4, -0.2) is 70.6 Å². The fourth-order valence-electron chi connectivity index (χ4n) is 4.78. The molecule has 2 aliphatic carbocycles. The van der Waals surface area contributed by atoms with Crippen molar-refractivity contribution in [3.63, 3.8) is 0 Å². The minimum atomic E-state index is 0.0206. The first-order chi connectivity index (χ1) is 13.2. The summed E-state index contributed by atoms with van der Waals surface area (Å²) >= 11 is 0. The molecule has 27 heavy (non-hydrogen) atoms. The Hall–Kier alpha value is -1.53. The Morgan fingerprint density at radius 1 is 1.07 bits per heavy atom. The second-order valence-corrected chi connectivity index (χ2v) is 9.21. The highest BCUT2D eigenvalue weighted by atomic mass is 16.5. The van der Waals surface area contributed by atoms with Crippen LogP contribution in [0.3, 0.4) is 0 Å². The lowest BCUT2D eigenvalue weighted by Crippen LogP contribution is -2.73. The number of ether oxygens (including phenoxy) is 1. The Balaban J connectivity index is 1.21. The van der Waals surface area contributed by atoms with Crippen molar-refractivity contribution >= 4 is 5.91 Å². The molecular weight excluding hydrogens is 340 g/mol. The van der Waals surface area contributed by atoms with Crippen LogP contribution < -0.4 is 0 Å². The maximum atomic E-state index is 12.7. The smallest absolute Gasteiger partial charge is 0.274 e. The number of likely N-dealkylation sites (tertiary alicyclic amines) is 2. The van der Waals surface area contributed by atoms with Crippen LogP contribution in [0.1, 0.15) is 49.0 Å². The van der Waals surface area contributed by atoms with Gasteiger partial charge in [0.05, 0.1) is 11.7 Å². The first-order valence-corrected chi connectivity index (χ1v) is 10.6. The van der Waals surface area contributed by atoms with Crippen molar-refractivity contribution in [3.8, 4) is 0 Å². The van der Waals surface area contributed by atoms with Gasteiger partial charge in [-0.25, -0.2) is 4.98 Å². The van der Waals surface area contributed by atoms with Crippen molar-refractivity contribution in [2.75, 3.05) is 39.4 Å². The summed E-state index contributed by atoms with van der Waals surface area (Å²) in [4.78, 5) is 25.6. The molecule has 0 aromatic carbocycles.